The van der Waals surface area contributed by atoms with Crippen LogP contribution in [0.25, 0.3) is 11.4 Å². The Kier molecular flexibility index (Phi) is 6.36. The van der Waals surface area contributed by atoms with Crippen LogP contribution >= 0.6 is 12.2 Å². The average molecular weight is 452 g/mol. The highest BCUT2D eigenvalue weighted by atomic mass is 32.1. The fourth-order valence-electron chi connectivity index (χ4n) is 3.88. The molecule has 1 saturated heterocycles. The molecule has 9 heteroatoms. The molecule has 3 aromatic rings. The second-order valence-corrected chi connectivity index (χ2v) is 8.94. The Morgan fingerprint density at radius 1 is 1.12 bits per heavy atom. The van der Waals surface area contributed by atoms with E-state index in [1.165, 1.54) is 0 Å². The minimum absolute atomic E-state index is 0.0396. The summed E-state index contributed by atoms with van der Waals surface area (Å²) in [6, 6.07) is 10.0. The topological polar surface area (TPSA) is 82.9 Å². The van der Waals surface area contributed by atoms with Crippen molar-refractivity contribution >= 4 is 23.9 Å². The van der Waals surface area contributed by atoms with Crippen molar-refractivity contribution < 1.29 is 4.79 Å². The molecule has 1 N–H and O–H groups in total. The highest BCUT2D eigenvalue weighted by Crippen LogP contribution is 2.21. The van der Waals surface area contributed by atoms with Gasteiger partial charge in [-0.05, 0) is 32.1 Å². The summed E-state index contributed by atoms with van der Waals surface area (Å²) in [6.45, 7) is 11.2. The smallest absolute Gasteiger partial charge is 0.242 e. The molecule has 0 bridgehead atoms. The molecule has 0 radical (unpaired) electrons. The summed E-state index contributed by atoms with van der Waals surface area (Å²) >= 11 is 5.41. The number of benzene rings is 1. The van der Waals surface area contributed by atoms with Crippen molar-refractivity contribution in [3.63, 3.8) is 0 Å². The molecule has 0 unspecified atom stereocenters. The standard InChI is InChI=1S/C23H29N7OS/c1-15(2)21-24-17(4)13-19(25-21)28-8-10-29(11-9-28)20(31)14-30-22(26-27-23(30)32)18-7-5-6-16(3)12-18/h5-7,12-13,15H,8-11,14H2,1-4H3,(H,27,32). The first-order valence-electron chi connectivity index (χ1n) is 10.9. The molecule has 168 valence electrons. The molecule has 2 aromatic heterocycles. The predicted octanol–water partition coefficient (Wildman–Crippen LogP) is 3.49. The van der Waals surface area contributed by atoms with E-state index in [0.29, 0.717) is 23.7 Å². The maximum atomic E-state index is 13.1. The number of amides is 1. The third-order valence-corrected chi connectivity index (χ3v) is 5.97. The molecule has 1 aliphatic heterocycles. The first-order valence-corrected chi connectivity index (χ1v) is 11.3. The number of aryl methyl sites for hydroxylation is 2. The van der Waals surface area contributed by atoms with Crippen molar-refractivity contribution in [3.05, 3.63) is 52.2 Å². The number of carbonyl (C=O) groups is 1. The zero-order valence-corrected chi connectivity index (χ0v) is 19.8. The fourth-order valence-corrected chi connectivity index (χ4v) is 4.08. The lowest BCUT2D eigenvalue weighted by atomic mass is 10.1. The summed E-state index contributed by atoms with van der Waals surface area (Å²) in [6.07, 6.45) is 0. The number of H-pyrrole nitrogens is 1. The lowest BCUT2D eigenvalue weighted by Crippen LogP contribution is -2.50. The Hall–Kier alpha value is -3.07. The van der Waals surface area contributed by atoms with E-state index in [1.807, 2.05) is 49.1 Å². The van der Waals surface area contributed by atoms with Crippen LogP contribution in [0.3, 0.4) is 0 Å². The lowest BCUT2D eigenvalue weighted by molar-refractivity contribution is -0.132. The number of aromatic nitrogens is 5. The van der Waals surface area contributed by atoms with Crippen molar-refractivity contribution in [3.8, 4) is 11.4 Å². The van der Waals surface area contributed by atoms with Crippen LogP contribution in [-0.4, -0.2) is 61.7 Å². The molecule has 1 aliphatic rings. The quantitative estimate of drug-likeness (QED) is 0.598. The molecule has 1 amide bonds. The van der Waals surface area contributed by atoms with E-state index in [1.54, 1.807) is 4.57 Å². The predicted molar refractivity (Wildman–Crippen MR) is 127 cm³/mol. The van der Waals surface area contributed by atoms with Crippen LogP contribution in [0.2, 0.25) is 0 Å². The maximum absolute atomic E-state index is 13.1. The van der Waals surface area contributed by atoms with Gasteiger partial charge in [-0.2, -0.15) is 5.10 Å². The Labute approximate surface area is 193 Å². The van der Waals surface area contributed by atoms with Gasteiger partial charge in [0, 0.05) is 49.4 Å². The van der Waals surface area contributed by atoms with Crippen molar-refractivity contribution in [2.75, 3.05) is 31.1 Å². The summed E-state index contributed by atoms with van der Waals surface area (Å²) in [5.41, 5.74) is 3.04. The minimum Gasteiger partial charge on any atom is -0.353 e. The first kappa shape index (κ1) is 22.1. The molecule has 32 heavy (non-hydrogen) atoms. The zero-order valence-electron chi connectivity index (χ0n) is 19.0. The summed E-state index contributed by atoms with van der Waals surface area (Å²) in [7, 11) is 0. The zero-order chi connectivity index (χ0) is 22.8. The van der Waals surface area contributed by atoms with Crippen LogP contribution in [0.15, 0.2) is 30.3 Å². The van der Waals surface area contributed by atoms with E-state index >= 15 is 0 Å². The third-order valence-electron chi connectivity index (χ3n) is 5.66. The Morgan fingerprint density at radius 2 is 1.88 bits per heavy atom. The van der Waals surface area contributed by atoms with E-state index < -0.39 is 0 Å². The van der Waals surface area contributed by atoms with Gasteiger partial charge in [0.05, 0.1) is 0 Å². The number of anilines is 1. The lowest BCUT2D eigenvalue weighted by Gasteiger charge is -2.35. The number of hydrogen-bond donors (Lipinski definition) is 1. The van der Waals surface area contributed by atoms with Gasteiger partial charge in [0.15, 0.2) is 10.6 Å². The van der Waals surface area contributed by atoms with Gasteiger partial charge in [0.25, 0.3) is 0 Å². The molecule has 1 fully saturated rings. The van der Waals surface area contributed by atoms with Crippen LogP contribution in [-0.2, 0) is 11.3 Å². The van der Waals surface area contributed by atoms with Crippen molar-refractivity contribution in [1.29, 1.82) is 0 Å². The van der Waals surface area contributed by atoms with Crippen LogP contribution in [0.5, 0.6) is 0 Å². The molecule has 0 spiro atoms. The van der Waals surface area contributed by atoms with Crippen LogP contribution in [0.4, 0.5) is 5.82 Å². The highest BCUT2D eigenvalue weighted by Gasteiger charge is 2.24. The van der Waals surface area contributed by atoms with Gasteiger partial charge in [0.1, 0.15) is 18.2 Å². The van der Waals surface area contributed by atoms with E-state index in [0.717, 1.165) is 41.6 Å². The largest absolute Gasteiger partial charge is 0.353 e. The number of nitrogens with one attached hydrogen (secondary N) is 1. The van der Waals surface area contributed by atoms with E-state index in [-0.39, 0.29) is 18.4 Å². The monoisotopic (exact) mass is 451 g/mol. The number of rotatable bonds is 5. The number of aromatic amines is 1. The molecular formula is C23H29N7OS. The molecule has 0 atom stereocenters. The number of nitrogens with zero attached hydrogens (tertiary/aromatic N) is 6. The molecular weight excluding hydrogens is 422 g/mol. The van der Waals surface area contributed by atoms with Gasteiger partial charge in [-0.25, -0.2) is 9.97 Å². The van der Waals surface area contributed by atoms with E-state index in [2.05, 4.69) is 33.9 Å². The molecule has 1 aromatic carbocycles. The summed E-state index contributed by atoms with van der Waals surface area (Å²) in [4.78, 5) is 26.5. The summed E-state index contributed by atoms with van der Waals surface area (Å²) in [5, 5.41) is 7.19. The Morgan fingerprint density at radius 3 is 2.56 bits per heavy atom. The number of carbonyl (C=O) groups excluding carboxylic acids is 1. The van der Waals surface area contributed by atoms with Crippen LogP contribution in [0.1, 0.15) is 36.8 Å². The Bertz CT molecular complexity index is 1180. The van der Waals surface area contributed by atoms with Gasteiger partial charge in [0.2, 0.25) is 5.91 Å². The molecule has 8 nitrogen and oxygen atoms in total. The SMILES string of the molecule is Cc1cccc(-c2n[nH]c(=S)n2CC(=O)N2CCN(c3cc(C)nc(C(C)C)n3)CC2)c1. The van der Waals surface area contributed by atoms with E-state index in [4.69, 9.17) is 17.2 Å². The van der Waals surface area contributed by atoms with Gasteiger partial charge in [-0.1, -0.05) is 37.6 Å². The molecule has 0 saturated carbocycles. The van der Waals surface area contributed by atoms with Gasteiger partial charge in [-0.15, -0.1) is 0 Å². The summed E-state index contributed by atoms with van der Waals surface area (Å²) in [5.74, 6) is 2.79. The first-order chi connectivity index (χ1) is 15.3. The fraction of sp³-hybridized carbons (Fsp3) is 0.435. The molecule has 4 rings (SSSR count). The Balaban J connectivity index is 1.44. The normalized spacial score (nSPS) is 14.3. The van der Waals surface area contributed by atoms with Gasteiger partial charge >= 0.3 is 0 Å². The van der Waals surface area contributed by atoms with Crippen molar-refractivity contribution in [2.45, 2.75) is 40.2 Å². The summed E-state index contributed by atoms with van der Waals surface area (Å²) < 4.78 is 2.23. The highest BCUT2D eigenvalue weighted by molar-refractivity contribution is 7.71. The number of piperazine rings is 1. The van der Waals surface area contributed by atoms with Gasteiger partial charge in [-0.3, -0.25) is 14.5 Å². The second-order valence-electron chi connectivity index (χ2n) is 8.56. The van der Waals surface area contributed by atoms with Gasteiger partial charge < -0.3 is 9.80 Å². The van der Waals surface area contributed by atoms with Crippen molar-refractivity contribution in [1.82, 2.24) is 29.6 Å². The van der Waals surface area contributed by atoms with Crippen LogP contribution in [0, 0.1) is 18.6 Å². The van der Waals surface area contributed by atoms with Crippen LogP contribution < -0.4 is 4.90 Å². The van der Waals surface area contributed by atoms with Crippen molar-refractivity contribution in [2.24, 2.45) is 0 Å². The maximum Gasteiger partial charge on any atom is 0.242 e. The molecule has 0 aliphatic carbocycles. The average Bonchev–Trinajstić information content (AvgIpc) is 3.13. The molecule has 3 heterocycles. The van der Waals surface area contributed by atoms with E-state index in [9.17, 15) is 4.79 Å². The second kappa shape index (κ2) is 9.20. The minimum atomic E-state index is 0.0396. The number of hydrogen-bond acceptors (Lipinski definition) is 6. The third kappa shape index (κ3) is 4.72.